The van der Waals surface area contributed by atoms with E-state index in [1.165, 1.54) is 20.6 Å². The Morgan fingerprint density at radius 1 is 0.927 bits per heavy atom. The third kappa shape index (κ3) is 7.81. The van der Waals surface area contributed by atoms with Crippen molar-refractivity contribution >= 4 is 51.0 Å². The molecular formula is C30H41BrN2O8. The van der Waals surface area contributed by atoms with Crippen molar-refractivity contribution in [1.82, 2.24) is 9.47 Å². The first-order valence-electron chi connectivity index (χ1n) is 13.8. The van der Waals surface area contributed by atoms with Crippen LogP contribution in [0.2, 0.25) is 0 Å². The van der Waals surface area contributed by atoms with Crippen LogP contribution >= 0.6 is 15.9 Å². The van der Waals surface area contributed by atoms with Crippen LogP contribution in [0.3, 0.4) is 0 Å². The number of amides is 2. The lowest BCUT2D eigenvalue weighted by Gasteiger charge is -2.32. The fourth-order valence-corrected chi connectivity index (χ4v) is 5.94. The number of hydrogen-bond acceptors (Lipinski definition) is 8. The number of nitrogens with zero attached hydrogens (tertiary/aromatic N) is 2. The minimum atomic E-state index is -1.45. The molecule has 11 heteroatoms. The first-order chi connectivity index (χ1) is 19.1. The van der Waals surface area contributed by atoms with Crippen molar-refractivity contribution in [2.75, 3.05) is 14.2 Å². The van der Waals surface area contributed by atoms with Crippen molar-refractivity contribution in [3.63, 3.8) is 0 Å². The minimum absolute atomic E-state index is 0.181. The summed E-state index contributed by atoms with van der Waals surface area (Å²) in [6.07, 6.45) is 3.27. The van der Waals surface area contributed by atoms with Crippen LogP contribution in [0.15, 0.2) is 22.8 Å². The van der Waals surface area contributed by atoms with E-state index in [0.717, 1.165) is 36.6 Å². The van der Waals surface area contributed by atoms with Crippen LogP contribution in [0.1, 0.15) is 95.5 Å². The molecule has 41 heavy (non-hydrogen) atoms. The molecule has 0 N–H and O–H groups in total. The maximum Gasteiger partial charge on any atom is 0.420 e. The van der Waals surface area contributed by atoms with Crippen molar-refractivity contribution in [2.24, 2.45) is 0 Å². The standard InChI is InChI=1S/C30H41BrN2O8/c1-29(2,3)40-27(36)33(28(37)41-30(4,5)6)22(26(35)39-8)17-32-21-16-19(25(34)38-7)14-15-20(21)23(24(32)31)18-12-10-9-11-13-18/h14-16,18,22H,9-13,17H2,1-8H3. The van der Waals surface area contributed by atoms with E-state index in [0.29, 0.717) is 20.6 Å². The van der Waals surface area contributed by atoms with Gasteiger partial charge in [0.05, 0.1) is 36.4 Å². The summed E-state index contributed by atoms with van der Waals surface area (Å²) in [5.41, 5.74) is 0.112. The highest BCUT2D eigenvalue weighted by atomic mass is 79.9. The maximum absolute atomic E-state index is 13.4. The summed E-state index contributed by atoms with van der Waals surface area (Å²) in [6, 6.07) is 3.83. The summed E-state index contributed by atoms with van der Waals surface area (Å²) in [4.78, 5) is 53.3. The molecule has 1 fully saturated rings. The normalized spacial score (nSPS) is 15.2. The lowest BCUT2D eigenvalue weighted by atomic mass is 9.84. The van der Waals surface area contributed by atoms with Gasteiger partial charge in [-0.15, -0.1) is 0 Å². The van der Waals surface area contributed by atoms with Gasteiger partial charge in [0, 0.05) is 5.39 Å². The molecule has 0 aliphatic heterocycles. The molecule has 226 valence electrons. The number of carbonyl (C=O) groups excluding carboxylic acids is 4. The van der Waals surface area contributed by atoms with E-state index in [1.54, 1.807) is 58.2 Å². The highest BCUT2D eigenvalue weighted by Crippen LogP contribution is 2.43. The Kier molecular flexibility index (Phi) is 10.2. The van der Waals surface area contributed by atoms with Gasteiger partial charge in [-0.25, -0.2) is 19.2 Å². The summed E-state index contributed by atoms with van der Waals surface area (Å²) >= 11 is 3.77. The van der Waals surface area contributed by atoms with E-state index in [9.17, 15) is 19.2 Å². The first-order valence-corrected chi connectivity index (χ1v) is 14.6. The van der Waals surface area contributed by atoms with Gasteiger partial charge in [0.15, 0.2) is 6.04 Å². The molecule has 2 amide bonds. The van der Waals surface area contributed by atoms with Gasteiger partial charge in [0.2, 0.25) is 0 Å². The minimum Gasteiger partial charge on any atom is -0.467 e. The Hall–Kier alpha value is -3.08. The predicted molar refractivity (Wildman–Crippen MR) is 157 cm³/mol. The van der Waals surface area contributed by atoms with Gasteiger partial charge in [0.1, 0.15) is 11.2 Å². The van der Waals surface area contributed by atoms with Crippen molar-refractivity contribution in [3.8, 4) is 0 Å². The average molecular weight is 638 g/mol. The maximum atomic E-state index is 13.4. The summed E-state index contributed by atoms with van der Waals surface area (Å²) in [7, 11) is 2.49. The number of rotatable bonds is 6. The van der Waals surface area contributed by atoms with E-state index in [4.69, 9.17) is 18.9 Å². The molecule has 1 heterocycles. The number of hydrogen-bond donors (Lipinski definition) is 0. The average Bonchev–Trinajstić information content (AvgIpc) is 3.15. The van der Waals surface area contributed by atoms with Crippen LogP contribution in [0.25, 0.3) is 10.9 Å². The molecule has 1 unspecified atom stereocenters. The zero-order valence-corrected chi connectivity index (χ0v) is 26.8. The highest BCUT2D eigenvalue weighted by Gasteiger charge is 2.42. The van der Waals surface area contributed by atoms with E-state index < -0.39 is 41.4 Å². The molecule has 0 radical (unpaired) electrons. The quantitative estimate of drug-likeness (QED) is 0.247. The molecule has 1 aromatic heterocycles. The molecule has 3 rings (SSSR count). The predicted octanol–water partition coefficient (Wildman–Crippen LogP) is 6.95. The number of fused-ring (bicyclic) bond motifs is 1. The van der Waals surface area contributed by atoms with Crippen molar-refractivity contribution < 1.29 is 38.1 Å². The number of imide groups is 1. The lowest BCUT2D eigenvalue weighted by molar-refractivity contribution is -0.147. The van der Waals surface area contributed by atoms with Crippen LogP contribution in [-0.4, -0.2) is 65.1 Å². The van der Waals surface area contributed by atoms with Gasteiger partial charge in [-0.2, -0.15) is 4.90 Å². The Morgan fingerprint density at radius 2 is 1.49 bits per heavy atom. The highest BCUT2D eigenvalue weighted by molar-refractivity contribution is 9.10. The van der Waals surface area contributed by atoms with E-state index in [1.807, 2.05) is 6.07 Å². The van der Waals surface area contributed by atoms with E-state index in [2.05, 4.69) is 15.9 Å². The van der Waals surface area contributed by atoms with Crippen LogP contribution in [0.5, 0.6) is 0 Å². The largest absolute Gasteiger partial charge is 0.467 e. The number of ether oxygens (including phenoxy) is 4. The molecule has 1 aliphatic carbocycles. The zero-order valence-electron chi connectivity index (χ0n) is 25.2. The van der Waals surface area contributed by atoms with Gasteiger partial charge >= 0.3 is 24.1 Å². The second-order valence-electron chi connectivity index (χ2n) is 12.2. The topological polar surface area (TPSA) is 113 Å². The number of carbonyl (C=O) groups is 4. The Bertz CT molecular complexity index is 1270. The second-order valence-corrected chi connectivity index (χ2v) is 13.0. The molecule has 0 spiro atoms. The van der Waals surface area contributed by atoms with Crippen LogP contribution in [0, 0.1) is 0 Å². The van der Waals surface area contributed by atoms with Gasteiger partial charge in [-0.05, 0) is 93.9 Å². The number of halogens is 1. The molecule has 10 nitrogen and oxygen atoms in total. The number of esters is 2. The van der Waals surface area contributed by atoms with Gasteiger partial charge in [-0.3, -0.25) is 0 Å². The Labute approximate surface area is 249 Å². The molecular weight excluding hydrogens is 596 g/mol. The summed E-state index contributed by atoms with van der Waals surface area (Å²) in [6.45, 7) is 9.77. The lowest BCUT2D eigenvalue weighted by Crippen LogP contribution is -2.53. The van der Waals surface area contributed by atoms with Crippen LogP contribution < -0.4 is 0 Å². The zero-order chi connectivity index (χ0) is 30.7. The van der Waals surface area contributed by atoms with Crippen molar-refractivity contribution in [3.05, 3.63) is 33.9 Å². The molecule has 1 saturated carbocycles. The third-order valence-corrected chi connectivity index (χ3v) is 7.65. The van der Waals surface area contributed by atoms with Crippen molar-refractivity contribution in [2.45, 2.75) is 103 Å². The molecule has 1 aliphatic rings. The van der Waals surface area contributed by atoms with Crippen LogP contribution in [-0.2, 0) is 30.3 Å². The molecule has 2 aromatic rings. The molecule has 1 aromatic carbocycles. The van der Waals surface area contributed by atoms with Gasteiger partial charge in [0.25, 0.3) is 0 Å². The summed E-state index contributed by atoms with van der Waals surface area (Å²) < 4.78 is 23.6. The smallest absolute Gasteiger partial charge is 0.420 e. The summed E-state index contributed by atoms with van der Waals surface area (Å²) in [5.74, 6) is -1.09. The number of methoxy groups -OCH3 is 2. The summed E-state index contributed by atoms with van der Waals surface area (Å²) in [5, 5.41) is 0.904. The van der Waals surface area contributed by atoms with E-state index in [-0.39, 0.29) is 12.5 Å². The number of aromatic nitrogens is 1. The van der Waals surface area contributed by atoms with Crippen LogP contribution in [0.4, 0.5) is 9.59 Å². The fourth-order valence-electron chi connectivity index (χ4n) is 5.07. The van der Waals surface area contributed by atoms with Gasteiger partial charge < -0.3 is 23.5 Å². The van der Waals surface area contributed by atoms with E-state index >= 15 is 0 Å². The fraction of sp³-hybridized carbons (Fsp3) is 0.600. The monoisotopic (exact) mass is 636 g/mol. The number of benzene rings is 1. The Morgan fingerprint density at radius 3 is 1.98 bits per heavy atom. The molecule has 0 bridgehead atoms. The Balaban J connectivity index is 2.22. The van der Waals surface area contributed by atoms with Crippen molar-refractivity contribution in [1.29, 1.82) is 0 Å². The molecule has 1 atom stereocenters. The van der Waals surface area contributed by atoms with Gasteiger partial charge in [-0.1, -0.05) is 25.3 Å². The SMILES string of the molecule is COC(=O)c1ccc2c(C3CCCCC3)c(Br)n(CC(C(=O)OC)N(C(=O)OC(C)(C)C)C(=O)OC(C)(C)C)c2c1. The first kappa shape index (κ1) is 32.4. The third-order valence-electron chi connectivity index (χ3n) is 6.79. The molecule has 0 saturated heterocycles. The second kappa shape index (κ2) is 12.8.